The van der Waals surface area contributed by atoms with Gasteiger partial charge in [0.15, 0.2) is 11.5 Å². The van der Waals surface area contributed by atoms with Crippen molar-refractivity contribution in [3.05, 3.63) is 53.5 Å². The SMILES string of the molecule is CC(C)(C)c1cc2cc(NC(=O)C3(c4ccc5c(c4)OCO5)CC3)cc(F)c2n1CC(O)CO. The van der Waals surface area contributed by atoms with Crippen LogP contribution in [0.5, 0.6) is 11.5 Å². The number of carbonyl (C=O) groups is 1. The average molecular weight is 469 g/mol. The third-order valence-electron chi connectivity index (χ3n) is 6.69. The fraction of sp³-hybridized carbons (Fsp3) is 0.423. The Bertz CT molecular complexity index is 1270. The molecule has 1 aliphatic heterocycles. The number of aromatic nitrogens is 1. The maximum atomic E-state index is 15.4. The van der Waals surface area contributed by atoms with E-state index < -0.39 is 23.9 Å². The van der Waals surface area contributed by atoms with Gasteiger partial charge in [-0.2, -0.15) is 0 Å². The van der Waals surface area contributed by atoms with Crippen molar-refractivity contribution in [3.63, 3.8) is 0 Å². The molecule has 7 nitrogen and oxygen atoms in total. The Morgan fingerprint density at radius 1 is 1.18 bits per heavy atom. The van der Waals surface area contributed by atoms with E-state index in [-0.39, 0.29) is 24.7 Å². The molecule has 1 aromatic heterocycles. The van der Waals surface area contributed by atoms with Gasteiger partial charge in [0.2, 0.25) is 12.7 Å². The number of amides is 1. The lowest BCUT2D eigenvalue weighted by atomic mass is 9.92. The van der Waals surface area contributed by atoms with Crippen LogP contribution in [0.1, 0.15) is 44.9 Å². The molecule has 1 saturated carbocycles. The summed E-state index contributed by atoms with van der Waals surface area (Å²) in [4.78, 5) is 13.3. The summed E-state index contributed by atoms with van der Waals surface area (Å²) in [5.41, 5.74) is 1.42. The molecule has 1 amide bonds. The fourth-order valence-corrected chi connectivity index (χ4v) is 4.73. The molecular weight excluding hydrogens is 439 g/mol. The molecule has 0 saturated heterocycles. The van der Waals surface area contributed by atoms with Gasteiger partial charge >= 0.3 is 0 Å². The maximum absolute atomic E-state index is 15.4. The highest BCUT2D eigenvalue weighted by Gasteiger charge is 2.51. The van der Waals surface area contributed by atoms with Crippen molar-refractivity contribution in [2.24, 2.45) is 0 Å². The van der Waals surface area contributed by atoms with E-state index in [1.54, 1.807) is 10.6 Å². The van der Waals surface area contributed by atoms with Crippen LogP contribution >= 0.6 is 0 Å². The molecule has 180 valence electrons. The van der Waals surface area contributed by atoms with Gasteiger partial charge in [-0.25, -0.2) is 4.39 Å². The van der Waals surface area contributed by atoms with Crippen LogP contribution in [0.25, 0.3) is 10.9 Å². The molecule has 2 heterocycles. The Hall–Kier alpha value is -3.10. The second-order valence-electron chi connectivity index (χ2n) is 10.2. The third-order valence-corrected chi connectivity index (χ3v) is 6.69. The molecule has 1 atom stereocenters. The number of benzene rings is 2. The molecule has 5 rings (SSSR count). The first-order valence-corrected chi connectivity index (χ1v) is 11.5. The summed E-state index contributed by atoms with van der Waals surface area (Å²) in [6.07, 6.45) is 0.395. The molecule has 1 aliphatic carbocycles. The highest BCUT2D eigenvalue weighted by Crippen LogP contribution is 2.51. The molecule has 3 N–H and O–H groups in total. The summed E-state index contributed by atoms with van der Waals surface area (Å²) in [7, 11) is 0. The minimum Gasteiger partial charge on any atom is -0.454 e. The number of halogens is 1. The van der Waals surface area contributed by atoms with Crippen molar-refractivity contribution in [3.8, 4) is 11.5 Å². The van der Waals surface area contributed by atoms with Crippen molar-refractivity contribution in [1.82, 2.24) is 4.57 Å². The van der Waals surface area contributed by atoms with Gasteiger partial charge in [-0.15, -0.1) is 0 Å². The van der Waals surface area contributed by atoms with Crippen LogP contribution in [0.15, 0.2) is 36.4 Å². The molecule has 8 heteroatoms. The number of nitrogens with one attached hydrogen (secondary N) is 1. The normalized spacial score (nSPS) is 17.1. The predicted octanol–water partition coefficient (Wildman–Crippen LogP) is 3.83. The second-order valence-corrected chi connectivity index (χ2v) is 10.2. The molecule has 1 fully saturated rings. The fourth-order valence-electron chi connectivity index (χ4n) is 4.73. The molecule has 3 aromatic rings. The van der Waals surface area contributed by atoms with Crippen LogP contribution in [-0.4, -0.2) is 40.2 Å². The van der Waals surface area contributed by atoms with Gasteiger partial charge in [0.1, 0.15) is 5.82 Å². The van der Waals surface area contributed by atoms with E-state index >= 15 is 4.39 Å². The number of aliphatic hydroxyl groups excluding tert-OH is 2. The van der Waals surface area contributed by atoms with Gasteiger partial charge in [0.25, 0.3) is 0 Å². The van der Waals surface area contributed by atoms with Crippen molar-refractivity contribution < 1.29 is 28.9 Å². The first-order chi connectivity index (χ1) is 16.1. The van der Waals surface area contributed by atoms with E-state index in [9.17, 15) is 15.0 Å². The summed E-state index contributed by atoms with van der Waals surface area (Å²) < 4.78 is 27.9. The van der Waals surface area contributed by atoms with Crippen molar-refractivity contribution in [2.75, 3.05) is 18.7 Å². The summed E-state index contributed by atoms with van der Waals surface area (Å²) in [5.74, 6) is 0.612. The predicted molar refractivity (Wildman–Crippen MR) is 126 cm³/mol. The van der Waals surface area contributed by atoms with Crippen LogP contribution < -0.4 is 14.8 Å². The lowest BCUT2D eigenvalue weighted by Crippen LogP contribution is -2.28. The van der Waals surface area contributed by atoms with Crippen molar-refractivity contribution >= 4 is 22.5 Å². The van der Waals surface area contributed by atoms with E-state index in [4.69, 9.17) is 9.47 Å². The van der Waals surface area contributed by atoms with Gasteiger partial charge in [0.05, 0.1) is 30.2 Å². The molecular formula is C26H29FN2O5. The van der Waals surface area contributed by atoms with Crippen LogP contribution in [0.4, 0.5) is 10.1 Å². The average Bonchev–Trinajstić information content (AvgIpc) is 3.31. The highest BCUT2D eigenvalue weighted by molar-refractivity contribution is 6.02. The largest absolute Gasteiger partial charge is 0.454 e. The van der Waals surface area contributed by atoms with Gasteiger partial charge in [-0.05, 0) is 48.7 Å². The number of rotatable bonds is 6. The summed E-state index contributed by atoms with van der Waals surface area (Å²) >= 11 is 0. The summed E-state index contributed by atoms with van der Waals surface area (Å²) in [6.45, 7) is 5.84. The molecule has 0 spiro atoms. The zero-order valence-electron chi connectivity index (χ0n) is 19.5. The van der Waals surface area contributed by atoms with E-state index in [0.717, 1.165) is 11.3 Å². The first kappa shape index (κ1) is 22.7. The second kappa shape index (κ2) is 7.99. The lowest BCUT2D eigenvalue weighted by Gasteiger charge is -2.23. The number of hydrogen-bond acceptors (Lipinski definition) is 5. The minimum atomic E-state index is -1.01. The summed E-state index contributed by atoms with van der Waals surface area (Å²) in [6, 6.07) is 10.5. The van der Waals surface area contributed by atoms with Crippen LogP contribution in [0.3, 0.4) is 0 Å². The molecule has 2 aromatic carbocycles. The van der Waals surface area contributed by atoms with Gasteiger partial charge in [0, 0.05) is 22.2 Å². The highest BCUT2D eigenvalue weighted by atomic mass is 19.1. The van der Waals surface area contributed by atoms with Crippen LogP contribution in [-0.2, 0) is 22.2 Å². The first-order valence-electron chi connectivity index (χ1n) is 11.5. The van der Waals surface area contributed by atoms with E-state index in [1.807, 2.05) is 45.0 Å². The number of anilines is 1. The number of hydrogen-bond donors (Lipinski definition) is 3. The molecule has 2 aliphatic rings. The molecule has 34 heavy (non-hydrogen) atoms. The topological polar surface area (TPSA) is 93.0 Å². The number of nitrogens with zero attached hydrogens (tertiary/aromatic N) is 1. The smallest absolute Gasteiger partial charge is 0.235 e. The molecule has 1 unspecified atom stereocenters. The van der Waals surface area contributed by atoms with Crippen molar-refractivity contribution in [2.45, 2.75) is 57.1 Å². The van der Waals surface area contributed by atoms with Crippen LogP contribution in [0, 0.1) is 5.82 Å². The molecule has 0 radical (unpaired) electrons. The molecule has 0 bridgehead atoms. The zero-order valence-corrected chi connectivity index (χ0v) is 19.5. The minimum absolute atomic E-state index is 0.0719. The Kier molecular flexibility index (Phi) is 5.33. The standard InChI is InChI=1S/C26H29FN2O5/c1-25(2,3)22-9-15-8-17(11-19(27)23(15)29(22)12-18(31)13-30)28-24(32)26(6-7-26)16-4-5-20-21(10-16)34-14-33-20/h4-5,8-11,18,30-31H,6-7,12-14H2,1-3H3,(H,28,32). The number of ether oxygens (including phenoxy) is 2. The van der Waals surface area contributed by atoms with E-state index in [0.29, 0.717) is 40.9 Å². The zero-order chi connectivity index (χ0) is 24.3. The van der Waals surface area contributed by atoms with Crippen LogP contribution in [0.2, 0.25) is 0 Å². The Morgan fingerprint density at radius 3 is 2.59 bits per heavy atom. The number of carbonyl (C=O) groups excluding carboxylic acids is 1. The Balaban J connectivity index is 1.47. The van der Waals surface area contributed by atoms with E-state index in [2.05, 4.69) is 5.32 Å². The van der Waals surface area contributed by atoms with E-state index in [1.165, 1.54) is 6.07 Å². The quantitative estimate of drug-likeness (QED) is 0.511. The van der Waals surface area contributed by atoms with Crippen molar-refractivity contribution in [1.29, 1.82) is 0 Å². The maximum Gasteiger partial charge on any atom is 0.235 e. The monoisotopic (exact) mass is 468 g/mol. The number of fused-ring (bicyclic) bond motifs is 2. The Labute approximate surface area is 197 Å². The van der Waals surface area contributed by atoms with Gasteiger partial charge in [-0.1, -0.05) is 26.8 Å². The lowest BCUT2D eigenvalue weighted by molar-refractivity contribution is -0.118. The third kappa shape index (κ3) is 3.80. The number of aliphatic hydroxyl groups is 2. The Morgan fingerprint density at radius 2 is 1.91 bits per heavy atom. The summed E-state index contributed by atoms with van der Waals surface area (Å²) in [5, 5.41) is 22.9. The van der Waals surface area contributed by atoms with Gasteiger partial charge in [-0.3, -0.25) is 4.79 Å². The van der Waals surface area contributed by atoms with Gasteiger partial charge < -0.3 is 29.6 Å².